The monoisotopic (exact) mass is 517 g/mol. The molecule has 0 bridgehead atoms. The van der Waals surface area contributed by atoms with Gasteiger partial charge in [0.05, 0.1) is 28.3 Å². The maximum Gasteiger partial charge on any atom is 0.301 e. The van der Waals surface area contributed by atoms with E-state index in [1.165, 1.54) is 16.2 Å². The van der Waals surface area contributed by atoms with Crippen LogP contribution in [-0.2, 0) is 9.59 Å². The minimum Gasteiger partial charge on any atom is -0.507 e. The Kier molecular flexibility index (Phi) is 7.21. The number of carbonyl (C=O) groups excluding carboxylic acids is 2. The van der Waals surface area contributed by atoms with Gasteiger partial charge in [-0.1, -0.05) is 53.9 Å². The Balaban J connectivity index is 1.81. The maximum absolute atomic E-state index is 13.2. The van der Waals surface area contributed by atoms with Crippen LogP contribution in [0, 0.1) is 6.92 Å². The molecule has 34 heavy (non-hydrogen) atoms. The third kappa shape index (κ3) is 4.66. The van der Waals surface area contributed by atoms with Gasteiger partial charge in [0.25, 0.3) is 5.78 Å². The van der Waals surface area contributed by atoms with Crippen molar-refractivity contribution in [3.05, 3.63) is 74.2 Å². The number of nitrogens with zero attached hydrogens (tertiary/aromatic N) is 3. The summed E-state index contributed by atoms with van der Waals surface area (Å²) in [5, 5.41) is 20.7. The molecule has 1 amide bonds. The number of unbranched alkanes of at least 4 members (excludes halogenated alkanes) is 1. The highest BCUT2D eigenvalue weighted by Crippen LogP contribution is 2.44. The molecule has 0 saturated carbocycles. The van der Waals surface area contributed by atoms with Gasteiger partial charge in [0.2, 0.25) is 5.13 Å². The van der Waals surface area contributed by atoms with Gasteiger partial charge in [-0.2, -0.15) is 0 Å². The highest BCUT2D eigenvalue weighted by Gasteiger charge is 2.48. The fraction of sp³-hybridized carbons (Fsp3) is 0.250. The second-order valence-electron chi connectivity index (χ2n) is 7.67. The van der Waals surface area contributed by atoms with E-state index in [4.69, 9.17) is 27.9 Å². The first kappa shape index (κ1) is 24.2. The molecule has 1 aromatic heterocycles. The predicted molar refractivity (Wildman–Crippen MR) is 133 cm³/mol. The molecule has 2 heterocycles. The minimum atomic E-state index is -0.956. The Morgan fingerprint density at radius 2 is 1.85 bits per heavy atom. The fourth-order valence-corrected chi connectivity index (χ4v) is 4.63. The molecule has 10 heteroatoms. The molecular weight excluding hydrogens is 497 g/mol. The summed E-state index contributed by atoms with van der Waals surface area (Å²) >= 11 is 13.5. The number of halogens is 2. The second kappa shape index (κ2) is 10.1. The molecule has 0 aliphatic carbocycles. The molecule has 3 aromatic rings. The molecule has 1 unspecified atom stereocenters. The topological polar surface area (TPSA) is 92.6 Å². The molecule has 1 atom stereocenters. The van der Waals surface area contributed by atoms with E-state index in [0.29, 0.717) is 33.5 Å². The van der Waals surface area contributed by atoms with E-state index in [1.807, 2.05) is 0 Å². The lowest BCUT2D eigenvalue weighted by atomic mass is 9.95. The highest BCUT2D eigenvalue weighted by atomic mass is 35.5. The van der Waals surface area contributed by atoms with E-state index in [9.17, 15) is 14.7 Å². The van der Waals surface area contributed by atoms with Crippen molar-refractivity contribution < 1.29 is 19.4 Å². The van der Waals surface area contributed by atoms with E-state index < -0.39 is 17.7 Å². The first-order valence-electron chi connectivity index (χ1n) is 10.6. The third-order valence-corrected chi connectivity index (χ3v) is 6.90. The number of Topliss-reactive ketones (excluding diaryl/α,β-unsaturated/α-hetero) is 1. The first-order chi connectivity index (χ1) is 16.3. The molecule has 1 aliphatic rings. The van der Waals surface area contributed by atoms with Crippen molar-refractivity contribution in [3.63, 3.8) is 0 Å². The van der Waals surface area contributed by atoms with Crippen LogP contribution in [0.2, 0.25) is 10.0 Å². The van der Waals surface area contributed by atoms with Gasteiger partial charge in [-0.15, -0.1) is 10.2 Å². The van der Waals surface area contributed by atoms with E-state index in [1.54, 1.807) is 49.4 Å². The van der Waals surface area contributed by atoms with Crippen molar-refractivity contribution in [2.75, 3.05) is 11.5 Å². The molecule has 1 saturated heterocycles. The molecule has 4 rings (SSSR count). The number of amides is 1. The number of hydrogen-bond acceptors (Lipinski definition) is 7. The molecule has 0 radical (unpaired) electrons. The van der Waals surface area contributed by atoms with Gasteiger partial charge in [-0.25, -0.2) is 0 Å². The standard InChI is InChI=1S/C24H21Cl2N3O4S/c1-3-4-11-33-16-8-5-14(6-9-16)21(30)19-20(15-7-10-17(25)18(26)12-15)29(23(32)22(19)31)24-28-27-13(2)34-24/h5-10,12,20,30H,3-4,11H2,1-2H3/b21-19+. The molecule has 7 nitrogen and oxygen atoms in total. The van der Waals surface area contributed by atoms with E-state index in [2.05, 4.69) is 17.1 Å². The Hall–Kier alpha value is -2.94. The molecule has 1 N–H and O–H groups in total. The van der Waals surface area contributed by atoms with Crippen LogP contribution in [0.4, 0.5) is 5.13 Å². The lowest BCUT2D eigenvalue weighted by Gasteiger charge is -2.23. The second-order valence-corrected chi connectivity index (χ2v) is 9.65. The average molecular weight is 518 g/mol. The largest absolute Gasteiger partial charge is 0.507 e. The molecular formula is C24H21Cl2N3O4S. The van der Waals surface area contributed by atoms with E-state index >= 15 is 0 Å². The number of benzene rings is 2. The highest BCUT2D eigenvalue weighted by molar-refractivity contribution is 7.15. The van der Waals surface area contributed by atoms with Gasteiger partial charge in [-0.3, -0.25) is 14.5 Å². The molecule has 0 spiro atoms. The van der Waals surface area contributed by atoms with Gasteiger partial charge < -0.3 is 9.84 Å². The number of hydrogen-bond donors (Lipinski definition) is 1. The normalized spacial score (nSPS) is 17.4. The van der Waals surface area contributed by atoms with Crippen molar-refractivity contribution >= 4 is 57.1 Å². The zero-order valence-corrected chi connectivity index (χ0v) is 20.7. The number of ketones is 1. The summed E-state index contributed by atoms with van der Waals surface area (Å²) < 4.78 is 5.67. The van der Waals surface area contributed by atoms with Crippen molar-refractivity contribution in [1.82, 2.24) is 10.2 Å². The smallest absolute Gasteiger partial charge is 0.301 e. The fourth-order valence-electron chi connectivity index (χ4n) is 3.61. The number of carbonyl (C=O) groups is 2. The van der Waals surface area contributed by atoms with Crippen LogP contribution < -0.4 is 9.64 Å². The van der Waals surface area contributed by atoms with Crippen LogP contribution >= 0.6 is 34.5 Å². The van der Waals surface area contributed by atoms with Crippen LogP contribution in [0.15, 0.2) is 48.0 Å². The summed E-state index contributed by atoms with van der Waals surface area (Å²) in [5.41, 5.74) is 0.803. The van der Waals surface area contributed by atoms with Crippen molar-refractivity contribution in [3.8, 4) is 5.75 Å². The van der Waals surface area contributed by atoms with Gasteiger partial charge in [0.15, 0.2) is 0 Å². The van der Waals surface area contributed by atoms with E-state index in [0.717, 1.165) is 12.8 Å². The summed E-state index contributed by atoms with van der Waals surface area (Å²) in [6.07, 6.45) is 1.95. The van der Waals surface area contributed by atoms with Gasteiger partial charge in [0, 0.05) is 5.56 Å². The summed E-state index contributed by atoms with van der Waals surface area (Å²) in [6, 6.07) is 10.6. The van der Waals surface area contributed by atoms with E-state index in [-0.39, 0.29) is 21.5 Å². The number of rotatable bonds is 7. The predicted octanol–water partition coefficient (Wildman–Crippen LogP) is 5.96. The number of aryl methyl sites for hydroxylation is 1. The van der Waals surface area contributed by atoms with Gasteiger partial charge >= 0.3 is 5.91 Å². The Morgan fingerprint density at radius 1 is 1.12 bits per heavy atom. The van der Waals surface area contributed by atoms with Crippen LogP contribution in [-0.4, -0.2) is 33.6 Å². The zero-order valence-electron chi connectivity index (χ0n) is 18.4. The lowest BCUT2D eigenvalue weighted by Crippen LogP contribution is -2.29. The Morgan fingerprint density at radius 3 is 2.47 bits per heavy atom. The molecule has 176 valence electrons. The molecule has 1 aliphatic heterocycles. The van der Waals surface area contributed by atoms with Crippen molar-refractivity contribution in [2.45, 2.75) is 32.7 Å². The van der Waals surface area contributed by atoms with Gasteiger partial charge in [-0.05, 0) is 55.3 Å². The van der Waals surface area contributed by atoms with Crippen molar-refractivity contribution in [2.24, 2.45) is 0 Å². The van der Waals surface area contributed by atoms with Crippen LogP contribution in [0.1, 0.15) is 41.9 Å². The minimum absolute atomic E-state index is 0.0732. The quantitative estimate of drug-likeness (QED) is 0.180. The van der Waals surface area contributed by atoms with Crippen LogP contribution in [0.5, 0.6) is 5.75 Å². The maximum atomic E-state index is 13.2. The van der Waals surface area contributed by atoms with Crippen LogP contribution in [0.25, 0.3) is 5.76 Å². The number of aliphatic hydroxyl groups excluding tert-OH is 1. The average Bonchev–Trinajstić information content (AvgIpc) is 3.36. The Labute approximate surface area is 210 Å². The first-order valence-corrected chi connectivity index (χ1v) is 12.2. The summed E-state index contributed by atoms with van der Waals surface area (Å²) in [7, 11) is 0. The summed E-state index contributed by atoms with van der Waals surface area (Å²) in [5.74, 6) is -1.30. The Bertz CT molecular complexity index is 1270. The summed E-state index contributed by atoms with van der Waals surface area (Å²) in [6.45, 7) is 4.41. The van der Waals surface area contributed by atoms with Crippen LogP contribution in [0.3, 0.4) is 0 Å². The number of ether oxygens (including phenoxy) is 1. The van der Waals surface area contributed by atoms with Crippen molar-refractivity contribution in [1.29, 1.82) is 0 Å². The third-order valence-electron chi connectivity index (χ3n) is 5.32. The number of aromatic nitrogens is 2. The number of anilines is 1. The van der Waals surface area contributed by atoms with Gasteiger partial charge in [0.1, 0.15) is 16.5 Å². The SMILES string of the molecule is CCCCOc1ccc(/C(O)=C2\C(=O)C(=O)N(c3nnc(C)s3)C2c2ccc(Cl)c(Cl)c2)cc1. The number of aliphatic hydroxyl groups is 1. The zero-order chi connectivity index (χ0) is 24.4. The summed E-state index contributed by atoms with van der Waals surface area (Å²) in [4.78, 5) is 27.5. The molecule has 2 aromatic carbocycles. The molecule has 1 fully saturated rings. The lowest BCUT2D eigenvalue weighted by molar-refractivity contribution is -0.132.